The molecule has 0 aliphatic carbocycles. The minimum atomic E-state index is -3.37. The van der Waals surface area contributed by atoms with Gasteiger partial charge in [0.1, 0.15) is 5.54 Å². The Kier molecular flexibility index (Phi) is 4.61. The van der Waals surface area contributed by atoms with Crippen LogP contribution in [0.2, 0.25) is 0 Å². The van der Waals surface area contributed by atoms with E-state index >= 15 is 0 Å². The molecule has 1 aliphatic heterocycles. The lowest BCUT2D eigenvalue weighted by molar-refractivity contribution is -0.130. The Balaban J connectivity index is 1.80. The number of rotatable bonds is 5. The zero-order valence-corrected chi connectivity index (χ0v) is 15.6. The van der Waals surface area contributed by atoms with Gasteiger partial charge in [0.15, 0.2) is 15.6 Å². The zero-order chi connectivity index (χ0) is 19.8. The number of hydrogen-bond acceptors (Lipinski definition) is 5. The molecule has 2 aromatic carbocycles. The van der Waals surface area contributed by atoms with Gasteiger partial charge in [0.2, 0.25) is 0 Å². The lowest BCUT2D eigenvalue weighted by Crippen LogP contribution is -2.41. The number of imide groups is 1. The topological polar surface area (TPSA) is 101 Å². The third-order valence-electron chi connectivity index (χ3n) is 4.53. The van der Waals surface area contributed by atoms with E-state index in [1.54, 1.807) is 37.3 Å². The van der Waals surface area contributed by atoms with Crippen LogP contribution in [-0.2, 0) is 20.2 Å². The number of nitrogens with zero attached hydrogens (tertiary/aromatic N) is 1. The Morgan fingerprint density at radius 3 is 2.19 bits per heavy atom. The highest BCUT2D eigenvalue weighted by Crippen LogP contribution is 2.28. The van der Waals surface area contributed by atoms with Gasteiger partial charge < -0.3 is 5.32 Å². The van der Waals surface area contributed by atoms with Gasteiger partial charge in [0.25, 0.3) is 5.91 Å². The summed E-state index contributed by atoms with van der Waals surface area (Å²) in [5.41, 5.74) is -0.397. The average molecular weight is 386 g/mol. The van der Waals surface area contributed by atoms with Crippen LogP contribution in [0.4, 0.5) is 4.79 Å². The number of nitrogens with one attached hydrogen (secondary N) is 1. The van der Waals surface area contributed by atoms with Crippen LogP contribution in [0.1, 0.15) is 22.8 Å². The quantitative estimate of drug-likeness (QED) is 0.623. The minimum Gasteiger partial charge on any atom is -0.319 e. The Hall–Kier alpha value is -3.00. The number of ketones is 1. The molecule has 1 heterocycles. The fraction of sp³-hybridized carbons (Fsp3) is 0.211. The van der Waals surface area contributed by atoms with Crippen molar-refractivity contribution in [3.8, 4) is 0 Å². The van der Waals surface area contributed by atoms with Gasteiger partial charge in [-0.1, -0.05) is 42.5 Å². The highest BCUT2D eigenvalue weighted by Gasteiger charge is 2.49. The van der Waals surface area contributed by atoms with Crippen molar-refractivity contribution in [3.05, 3.63) is 65.7 Å². The maximum Gasteiger partial charge on any atom is 0.325 e. The van der Waals surface area contributed by atoms with E-state index in [1.165, 1.54) is 24.3 Å². The van der Waals surface area contributed by atoms with Crippen LogP contribution in [0.5, 0.6) is 0 Å². The van der Waals surface area contributed by atoms with Crippen LogP contribution in [0.3, 0.4) is 0 Å². The van der Waals surface area contributed by atoms with E-state index < -0.39 is 39.6 Å². The molecule has 1 aliphatic rings. The summed E-state index contributed by atoms with van der Waals surface area (Å²) in [6.07, 6.45) is 1.07. The fourth-order valence-electron chi connectivity index (χ4n) is 2.93. The lowest BCUT2D eigenvalue weighted by atomic mass is 9.92. The van der Waals surface area contributed by atoms with E-state index in [0.717, 1.165) is 11.2 Å². The molecule has 0 aromatic heterocycles. The maximum absolute atomic E-state index is 12.8. The summed E-state index contributed by atoms with van der Waals surface area (Å²) in [6, 6.07) is 13.5. The van der Waals surface area contributed by atoms with Gasteiger partial charge in [-0.15, -0.1) is 0 Å². The second-order valence-electron chi connectivity index (χ2n) is 6.53. The molecule has 0 radical (unpaired) electrons. The zero-order valence-electron chi connectivity index (χ0n) is 14.8. The van der Waals surface area contributed by atoms with E-state index in [4.69, 9.17) is 0 Å². The molecular weight excluding hydrogens is 368 g/mol. The number of benzene rings is 2. The second-order valence-corrected chi connectivity index (χ2v) is 8.55. The number of hydrogen-bond donors (Lipinski definition) is 1. The van der Waals surface area contributed by atoms with Crippen molar-refractivity contribution >= 4 is 27.6 Å². The first kappa shape index (κ1) is 18.8. The first-order valence-corrected chi connectivity index (χ1v) is 10.0. The van der Waals surface area contributed by atoms with Gasteiger partial charge in [-0.05, 0) is 24.6 Å². The van der Waals surface area contributed by atoms with Crippen molar-refractivity contribution < 1.29 is 22.8 Å². The van der Waals surface area contributed by atoms with Gasteiger partial charge in [0.05, 0.1) is 11.4 Å². The average Bonchev–Trinajstić information content (AvgIpc) is 2.86. The molecule has 0 saturated carbocycles. The summed E-state index contributed by atoms with van der Waals surface area (Å²) in [7, 11) is -3.37. The Morgan fingerprint density at radius 2 is 1.63 bits per heavy atom. The van der Waals surface area contributed by atoms with E-state index in [1.807, 2.05) is 0 Å². The molecule has 0 bridgehead atoms. The molecule has 1 unspecified atom stereocenters. The Bertz CT molecular complexity index is 1020. The summed E-state index contributed by atoms with van der Waals surface area (Å²) in [5.74, 6) is -0.976. The molecule has 1 fully saturated rings. The summed E-state index contributed by atoms with van der Waals surface area (Å²) in [5, 5.41) is 2.64. The highest BCUT2D eigenvalue weighted by atomic mass is 32.2. The number of Topliss-reactive ketones (excluding diaryl/α,β-unsaturated/α-hetero) is 1. The largest absolute Gasteiger partial charge is 0.325 e. The van der Waals surface area contributed by atoms with Crippen LogP contribution >= 0.6 is 0 Å². The third kappa shape index (κ3) is 3.48. The molecule has 1 N–H and O–H groups in total. The third-order valence-corrected chi connectivity index (χ3v) is 5.66. The molecule has 7 nitrogen and oxygen atoms in total. The standard InChI is InChI=1S/C19H18N2O5S/c1-19(14-6-4-3-5-7-14)17(23)21(18(24)20-19)12-16(22)13-8-10-15(11-9-13)27(2,25)26/h3-11H,12H2,1-2H3,(H,20,24). The van der Waals surface area contributed by atoms with Crippen molar-refractivity contribution in [2.24, 2.45) is 0 Å². The Morgan fingerprint density at radius 1 is 1.04 bits per heavy atom. The normalized spacial score (nSPS) is 19.9. The maximum atomic E-state index is 12.8. The molecule has 140 valence electrons. The monoisotopic (exact) mass is 386 g/mol. The van der Waals surface area contributed by atoms with Gasteiger partial charge >= 0.3 is 6.03 Å². The molecule has 2 aromatic rings. The van der Waals surface area contributed by atoms with Crippen LogP contribution in [0.25, 0.3) is 0 Å². The number of sulfone groups is 1. The van der Waals surface area contributed by atoms with E-state index in [-0.39, 0.29) is 10.5 Å². The number of carbonyl (C=O) groups is 3. The summed E-state index contributed by atoms with van der Waals surface area (Å²) in [4.78, 5) is 38.5. The minimum absolute atomic E-state index is 0.0886. The van der Waals surface area contributed by atoms with Gasteiger partial charge in [0, 0.05) is 11.8 Å². The summed E-state index contributed by atoms with van der Waals surface area (Å²) in [6.45, 7) is 1.17. The molecule has 1 atom stereocenters. The molecule has 3 rings (SSSR count). The van der Waals surface area contributed by atoms with Crippen molar-refractivity contribution in [2.75, 3.05) is 12.8 Å². The molecule has 27 heavy (non-hydrogen) atoms. The fourth-order valence-corrected chi connectivity index (χ4v) is 3.56. The molecular formula is C19H18N2O5S. The van der Waals surface area contributed by atoms with Crippen molar-refractivity contribution in [3.63, 3.8) is 0 Å². The van der Waals surface area contributed by atoms with E-state index in [9.17, 15) is 22.8 Å². The predicted octanol–water partition coefficient (Wildman–Crippen LogP) is 1.74. The molecule has 0 spiro atoms. The second kappa shape index (κ2) is 6.62. The molecule has 3 amide bonds. The smallest absolute Gasteiger partial charge is 0.319 e. The highest BCUT2D eigenvalue weighted by molar-refractivity contribution is 7.90. The Labute approximate surface area is 156 Å². The molecule has 1 saturated heterocycles. The van der Waals surface area contributed by atoms with E-state index in [2.05, 4.69) is 5.32 Å². The van der Waals surface area contributed by atoms with Crippen LogP contribution in [0, 0.1) is 0 Å². The lowest BCUT2D eigenvalue weighted by Gasteiger charge is -2.22. The van der Waals surface area contributed by atoms with Crippen LogP contribution in [-0.4, -0.2) is 43.8 Å². The molecule has 8 heteroatoms. The number of urea groups is 1. The van der Waals surface area contributed by atoms with Crippen molar-refractivity contribution in [1.82, 2.24) is 10.2 Å². The predicted molar refractivity (Wildman–Crippen MR) is 97.9 cm³/mol. The van der Waals surface area contributed by atoms with Gasteiger partial charge in [-0.25, -0.2) is 13.2 Å². The van der Waals surface area contributed by atoms with Crippen molar-refractivity contribution in [1.29, 1.82) is 0 Å². The van der Waals surface area contributed by atoms with Gasteiger partial charge in [-0.3, -0.25) is 14.5 Å². The first-order valence-electron chi connectivity index (χ1n) is 8.16. The van der Waals surface area contributed by atoms with Crippen LogP contribution < -0.4 is 5.32 Å². The number of carbonyl (C=O) groups excluding carboxylic acids is 3. The van der Waals surface area contributed by atoms with Gasteiger partial charge in [-0.2, -0.15) is 0 Å². The summed E-state index contributed by atoms with van der Waals surface area (Å²) < 4.78 is 23.0. The summed E-state index contributed by atoms with van der Waals surface area (Å²) >= 11 is 0. The number of amides is 3. The van der Waals surface area contributed by atoms with Crippen molar-refractivity contribution in [2.45, 2.75) is 17.4 Å². The SMILES string of the molecule is CC1(c2ccccc2)NC(=O)N(CC(=O)c2ccc(S(C)(=O)=O)cc2)C1=O. The van der Waals surface area contributed by atoms with Crippen LogP contribution in [0.15, 0.2) is 59.5 Å². The van der Waals surface area contributed by atoms with E-state index in [0.29, 0.717) is 5.56 Å². The first-order chi connectivity index (χ1) is 12.6.